The monoisotopic (exact) mass is 434 g/mol. The number of amides is 1. The van der Waals surface area contributed by atoms with Crippen LogP contribution in [0.1, 0.15) is 27.9 Å². The zero-order valence-electron chi connectivity index (χ0n) is 17.4. The fourth-order valence-electron chi connectivity index (χ4n) is 3.59. The number of oxazole rings is 1. The molecule has 0 aliphatic carbocycles. The number of rotatable bonds is 6. The van der Waals surface area contributed by atoms with Gasteiger partial charge < -0.3 is 14.1 Å². The third-order valence-corrected chi connectivity index (χ3v) is 5.47. The number of piperazine rings is 1. The van der Waals surface area contributed by atoms with Crippen molar-refractivity contribution in [1.29, 1.82) is 5.26 Å². The zero-order chi connectivity index (χ0) is 22.5. The molecule has 1 aliphatic heterocycles. The SMILES string of the molecule is N#Cc1ccc(COC(=O)N2CCN(CCC(=O)c3ccc4[nH]c(=O)oc4c3)CC2)cc1. The third kappa shape index (κ3) is 5.04. The molecule has 0 saturated carbocycles. The van der Waals surface area contributed by atoms with E-state index in [2.05, 4.69) is 16.0 Å². The average Bonchev–Trinajstić information content (AvgIpc) is 3.20. The van der Waals surface area contributed by atoms with Gasteiger partial charge in [0.05, 0.1) is 17.1 Å². The maximum absolute atomic E-state index is 12.5. The maximum atomic E-state index is 12.5. The van der Waals surface area contributed by atoms with Crippen molar-refractivity contribution in [2.24, 2.45) is 0 Å². The number of hydrogen-bond acceptors (Lipinski definition) is 7. The number of benzene rings is 2. The molecule has 1 fully saturated rings. The Kier molecular flexibility index (Phi) is 6.33. The van der Waals surface area contributed by atoms with E-state index in [1.165, 1.54) is 0 Å². The molecule has 1 aliphatic rings. The predicted molar refractivity (Wildman–Crippen MR) is 115 cm³/mol. The van der Waals surface area contributed by atoms with E-state index in [0.717, 1.165) is 5.56 Å². The molecule has 2 aromatic carbocycles. The van der Waals surface area contributed by atoms with Crippen molar-refractivity contribution < 1.29 is 18.7 Å². The van der Waals surface area contributed by atoms with Gasteiger partial charge in [-0.05, 0) is 35.9 Å². The molecule has 1 aromatic heterocycles. The molecule has 9 heteroatoms. The summed E-state index contributed by atoms with van der Waals surface area (Å²) in [7, 11) is 0. The summed E-state index contributed by atoms with van der Waals surface area (Å²) < 4.78 is 10.4. The van der Waals surface area contributed by atoms with Crippen LogP contribution in [0.2, 0.25) is 0 Å². The normalized spacial score (nSPS) is 14.3. The highest BCUT2D eigenvalue weighted by molar-refractivity contribution is 5.98. The van der Waals surface area contributed by atoms with Crippen LogP contribution in [-0.2, 0) is 11.3 Å². The Hall–Kier alpha value is -3.90. The Labute approximate surface area is 183 Å². The van der Waals surface area contributed by atoms with Crippen LogP contribution in [0.5, 0.6) is 0 Å². The number of nitriles is 1. The molecule has 0 bridgehead atoms. The highest BCUT2D eigenvalue weighted by Gasteiger charge is 2.22. The molecule has 0 unspecified atom stereocenters. The van der Waals surface area contributed by atoms with E-state index < -0.39 is 5.76 Å². The summed E-state index contributed by atoms with van der Waals surface area (Å²) in [6.45, 7) is 3.12. The van der Waals surface area contributed by atoms with Gasteiger partial charge in [0.15, 0.2) is 11.4 Å². The maximum Gasteiger partial charge on any atom is 0.417 e. The summed E-state index contributed by atoms with van der Waals surface area (Å²) in [6.07, 6.45) is -0.0325. The molecule has 32 heavy (non-hydrogen) atoms. The van der Waals surface area contributed by atoms with Crippen LogP contribution >= 0.6 is 0 Å². The van der Waals surface area contributed by atoms with Crippen LogP contribution < -0.4 is 5.76 Å². The van der Waals surface area contributed by atoms with Gasteiger partial charge in [-0.1, -0.05) is 12.1 Å². The lowest BCUT2D eigenvalue weighted by Gasteiger charge is -2.33. The van der Waals surface area contributed by atoms with Crippen LogP contribution in [0.15, 0.2) is 51.7 Å². The average molecular weight is 434 g/mol. The minimum atomic E-state index is -0.544. The van der Waals surface area contributed by atoms with E-state index in [1.807, 2.05) is 0 Å². The molecule has 4 rings (SSSR count). The minimum Gasteiger partial charge on any atom is -0.445 e. The van der Waals surface area contributed by atoms with Crippen molar-refractivity contribution in [3.8, 4) is 6.07 Å². The van der Waals surface area contributed by atoms with E-state index in [4.69, 9.17) is 14.4 Å². The Morgan fingerprint density at radius 2 is 1.84 bits per heavy atom. The lowest BCUT2D eigenvalue weighted by molar-refractivity contribution is 0.0696. The second-order valence-corrected chi connectivity index (χ2v) is 7.59. The largest absolute Gasteiger partial charge is 0.445 e. The van der Waals surface area contributed by atoms with E-state index in [9.17, 15) is 14.4 Å². The fraction of sp³-hybridized carbons (Fsp3) is 0.304. The van der Waals surface area contributed by atoms with Crippen molar-refractivity contribution in [2.45, 2.75) is 13.0 Å². The summed E-state index contributed by atoms with van der Waals surface area (Å²) in [5.74, 6) is -0.571. The van der Waals surface area contributed by atoms with Gasteiger partial charge in [0.25, 0.3) is 0 Å². The first-order valence-corrected chi connectivity index (χ1v) is 10.3. The lowest BCUT2D eigenvalue weighted by Crippen LogP contribution is -2.49. The first-order chi connectivity index (χ1) is 15.5. The number of nitrogens with one attached hydrogen (secondary N) is 1. The molecule has 0 atom stereocenters. The number of aromatic amines is 1. The van der Waals surface area contributed by atoms with E-state index in [-0.39, 0.29) is 18.5 Å². The number of ether oxygens (including phenoxy) is 1. The smallest absolute Gasteiger partial charge is 0.417 e. The molecule has 1 saturated heterocycles. The second-order valence-electron chi connectivity index (χ2n) is 7.59. The van der Waals surface area contributed by atoms with Crippen molar-refractivity contribution in [3.63, 3.8) is 0 Å². The number of aromatic nitrogens is 1. The van der Waals surface area contributed by atoms with E-state index in [1.54, 1.807) is 47.4 Å². The molecule has 2 heterocycles. The van der Waals surface area contributed by atoms with Crippen LogP contribution in [0, 0.1) is 11.3 Å². The molecule has 3 aromatic rings. The fourth-order valence-corrected chi connectivity index (χ4v) is 3.59. The van der Waals surface area contributed by atoms with Gasteiger partial charge in [0.1, 0.15) is 6.61 Å². The van der Waals surface area contributed by atoms with Crippen LogP contribution in [0.4, 0.5) is 4.79 Å². The number of hydrogen-bond donors (Lipinski definition) is 1. The predicted octanol–water partition coefficient (Wildman–Crippen LogP) is 2.52. The van der Waals surface area contributed by atoms with Crippen LogP contribution in [0.25, 0.3) is 11.1 Å². The van der Waals surface area contributed by atoms with Gasteiger partial charge >= 0.3 is 11.8 Å². The van der Waals surface area contributed by atoms with Crippen LogP contribution in [-0.4, -0.2) is 59.4 Å². The molecule has 1 N–H and O–H groups in total. The van der Waals surface area contributed by atoms with E-state index in [0.29, 0.717) is 61.4 Å². The summed E-state index contributed by atoms with van der Waals surface area (Å²) in [4.78, 5) is 42.4. The molecule has 0 radical (unpaired) electrons. The van der Waals surface area contributed by atoms with Gasteiger partial charge in [0, 0.05) is 44.7 Å². The molecule has 0 spiro atoms. The molecular weight excluding hydrogens is 412 g/mol. The highest BCUT2D eigenvalue weighted by Crippen LogP contribution is 2.15. The second kappa shape index (κ2) is 9.49. The third-order valence-electron chi connectivity index (χ3n) is 5.47. The van der Waals surface area contributed by atoms with Gasteiger partial charge in [-0.2, -0.15) is 5.26 Å². The Morgan fingerprint density at radius 1 is 1.09 bits per heavy atom. The molecule has 1 amide bonds. The number of carbonyl (C=O) groups is 2. The first-order valence-electron chi connectivity index (χ1n) is 10.3. The lowest BCUT2D eigenvalue weighted by atomic mass is 10.1. The number of fused-ring (bicyclic) bond motifs is 1. The number of carbonyl (C=O) groups excluding carboxylic acids is 2. The summed E-state index contributed by atoms with van der Waals surface area (Å²) in [6, 6.07) is 13.9. The van der Waals surface area contributed by atoms with Gasteiger partial charge in [-0.25, -0.2) is 9.59 Å². The summed E-state index contributed by atoms with van der Waals surface area (Å²) in [5, 5.41) is 8.82. The number of Topliss-reactive ketones (excluding diaryl/α,β-unsaturated/α-hetero) is 1. The van der Waals surface area contributed by atoms with E-state index >= 15 is 0 Å². The number of ketones is 1. The van der Waals surface area contributed by atoms with Gasteiger partial charge in [-0.15, -0.1) is 0 Å². The zero-order valence-corrected chi connectivity index (χ0v) is 17.4. The molecule has 9 nitrogen and oxygen atoms in total. The topological polar surface area (TPSA) is 120 Å². The van der Waals surface area contributed by atoms with Crippen molar-refractivity contribution in [2.75, 3.05) is 32.7 Å². The van der Waals surface area contributed by atoms with Crippen LogP contribution in [0.3, 0.4) is 0 Å². The number of nitrogens with zero attached hydrogens (tertiary/aromatic N) is 3. The van der Waals surface area contributed by atoms with Gasteiger partial charge in [0.2, 0.25) is 0 Å². The Morgan fingerprint density at radius 3 is 2.56 bits per heavy atom. The Bertz CT molecular complexity index is 1210. The Balaban J connectivity index is 1.20. The minimum absolute atomic E-state index is 0.0278. The standard InChI is InChI=1S/C23H22N4O5/c24-14-16-1-3-17(4-2-16)15-31-23(30)27-11-9-26(10-12-27)8-7-20(28)18-5-6-19-21(13-18)32-22(29)25-19/h1-6,13H,7-12,15H2,(H,25,29). The quantitative estimate of drug-likeness (QED) is 0.592. The molecular formula is C23H22N4O5. The first kappa shape index (κ1) is 21.3. The van der Waals surface area contributed by atoms with Crippen molar-refractivity contribution in [1.82, 2.24) is 14.8 Å². The summed E-state index contributed by atoms with van der Waals surface area (Å²) >= 11 is 0. The highest BCUT2D eigenvalue weighted by atomic mass is 16.6. The molecule has 164 valence electrons. The van der Waals surface area contributed by atoms with Gasteiger partial charge in [-0.3, -0.25) is 14.7 Å². The summed E-state index contributed by atoms with van der Waals surface area (Å²) in [5.41, 5.74) is 2.82. The van der Waals surface area contributed by atoms with Crippen molar-refractivity contribution in [3.05, 3.63) is 69.7 Å². The number of H-pyrrole nitrogens is 1. The van der Waals surface area contributed by atoms with Crippen molar-refractivity contribution >= 4 is 23.0 Å².